The normalized spacial score (nSPS) is 26.8. The van der Waals surface area contributed by atoms with Crippen LogP contribution in [0.15, 0.2) is 18.3 Å². The summed E-state index contributed by atoms with van der Waals surface area (Å²) < 4.78 is 19.2. The molecule has 0 aromatic carbocycles. The van der Waals surface area contributed by atoms with Gasteiger partial charge in [0.25, 0.3) is 0 Å². The van der Waals surface area contributed by atoms with Gasteiger partial charge in [-0.1, -0.05) is 0 Å². The molecular formula is C22H30FN5O3. The van der Waals surface area contributed by atoms with Crippen molar-refractivity contribution in [2.24, 2.45) is 5.92 Å². The molecule has 1 unspecified atom stereocenters. The molecule has 0 radical (unpaired) electrons. The Kier molecular flexibility index (Phi) is 5.24. The maximum atomic E-state index is 13.2. The Morgan fingerprint density at radius 3 is 2.55 bits per heavy atom. The first-order valence-electron chi connectivity index (χ1n) is 11.3. The number of halogens is 1. The van der Waals surface area contributed by atoms with Gasteiger partial charge in [-0.25, -0.2) is 14.2 Å². The van der Waals surface area contributed by atoms with E-state index in [9.17, 15) is 14.0 Å². The van der Waals surface area contributed by atoms with Crippen molar-refractivity contribution in [1.82, 2.24) is 19.7 Å². The molecule has 4 aliphatic heterocycles. The fourth-order valence-electron chi connectivity index (χ4n) is 5.57. The molecule has 0 saturated carbocycles. The van der Waals surface area contributed by atoms with Crippen molar-refractivity contribution in [3.8, 4) is 0 Å². The highest BCUT2D eigenvalue weighted by molar-refractivity contribution is 5.80. The number of nitrogens with zero attached hydrogens (tertiary/aromatic N) is 5. The summed E-state index contributed by atoms with van der Waals surface area (Å²) in [5.74, 6) is 0.702. The van der Waals surface area contributed by atoms with E-state index in [2.05, 4.69) is 21.8 Å². The number of anilines is 1. The van der Waals surface area contributed by atoms with Gasteiger partial charge in [0.1, 0.15) is 17.2 Å². The molecule has 1 atom stereocenters. The second kappa shape index (κ2) is 7.93. The zero-order valence-electron chi connectivity index (χ0n) is 18.0. The third kappa shape index (κ3) is 3.73. The van der Waals surface area contributed by atoms with Crippen LogP contribution >= 0.6 is 0 Å². The minimum Gasteiger partial charge on any atom is -0.440 e. The lowest BCUT2D eigenvalue weighted by molar-refractivity contribution is -0.140. The summed E-state index contributed by atoms with van der Waals surface area (Å²) in [6, 6.07) is 2.99. The van der Waals surface area contributed by atoms with Crippen molar-refractivity contribution < 1.29 is 18.7 Å². The number of piperazine rings is 1. The van der Waals surface area contributed by atoms with Crippen LogP contribution in [0.3, 0.4) is 0 Å². The van der Waals surface area contributed by atoms with Gasteiger partial charge in [0, 0.05) is 51.5 Å². The SMILES string of the molecule is CN1CCC(C(=O)N2CCN3C(=O)OC4(CCN(c5ccc(F)cn5)CC4)C3C2)CC1. The number of amides is 2. The van der Waals surface area contributed by atoms with Crippen molar-refractivity contribution in [2.45, 2.75) is 37.3 Å². The average molecular weight is 432 g/mol. The minimum absolute atomic E-state index is 0.0862. The second-order valence-corrected chi connectivity index (χ2v) is 9.33. The number of rotatable bonds is 2. The van der Waals surface area contributed by atoms with Crippen LogP contribution in [0.4, 0.5) is 15.0 Å². The maximum absolute atomic E-state index is 13.2. The predicted octanol–water partition coefficient (Wildman–Crippen LogP) is 1.56. The Hall–Kier alpha value is -2.42. The quantitative estimate of drug-likeness (QED) is 0.708. The number of hydrogen-bond acceptors (Lipinski definition) is 6. The standard InChI is InChI=1S/C22H30FN5O3/c1-25-8-4-16(5-9-25)20(29)27-12-13-28-18(15-27)22(31-21(28)30)6-10-26(11-7-22)19-3-2-17(23)14-24-19/h2-3,14,16,18H,4-13,15H2,1H3. The predicted molar refractivity (Wildman–Crippen MR) is 112 cm³/mol. The maximum Gasteiger partial charge on any atom is 0.410 e. The second-order valence-electron chi connectivity index (χ2n) is 9.33. The number of hydrogen-bond donors (Lipinski definition) is 0. The van der Waals surface area contributed by atoms with Crippen LogP contribution in [0.5, 0.6) is 0 Å². The molecule has 0 N–H and O–H groups in total. The van der Waals surface area contributed by atoms with E-state index in [0.717, 1.165) is 31.7 Å². The van der Waals surface area contributed by atoms with Crippen LogP contribution in [-0.2, 0) is 9.53 Å². The van der Waals surface area contributed by atoms with Crippen molar-refractivity contribution in [2.75, 3.05) is 57.8 Å². The Morgan fingerprint density at radius 1 is 1.13 bits per heavy atom. The lowest BCUT2D eigenvalue weighted by Gasteiger charge is -2.46. The minimum atomic E-state index is -0.570. The van der Waals surface area contributed by atoms with Gasteiger partial charge < -0.3 is 19.4 Å². The van der Waals surface area contributed by atoms with Crippen LogP contribution in [0.25, 0.3) is 0 Å². The Morgan fingerprint density at radius 2 is 1.87 bits per heavy atom. The summed E-state index contributed by atoms with van der Waals surface area (Å²) in [4.78, 5) is 38.1. The van der Waals surface area contributed by atoms with Crippen molar-refractivity contribution in [3.05, 3.63) is 24.1 Å². The molecule has 5 heterocycles. The molecule has 4 saturated heterocycles. The van der Waals surface area contributed by atoms with E-state index in [0.29, 0.717) is 45.6 Å². The highest BCUT2D eigenvalue weighted by Crippen LogP contribution is 2.41. The van der Waals surface area contributed by atoms with Gasteiger partial charge in [-0.3, -0.25) is 9.69 Å². The van der Waals surface area contributed by atoms with E-state index in [1.165, 1.54) is 12.3 Å². The molecule has 4 fully saturated rings. The average Bonchev–Trinajstić information content (AvgIpc) is 3.06. The van der Waals surface area contributed by atoms with E-state index in [1.54, 1.807) is 6.07 Å². The molecule has 0 bridgehead atoms. The fourth-order valence-corrected chi connectivity index (χ4v) is 5.57. The number of likely N-dealkylation sites (tertiary alicyclic amines) is 1. The molecule has 5 rings (SSSR count). The summed E-state index contributed by atoms with van der Waals surface area (Å²) >= 11 is 0. The van der Waals surface area contributed by atoms with Crippen molar-refractivity contribution >= 4 is 17.8 Å². The number of fused-ring (bicyclic) bond motifs is 2. The molecule has 4 aliphatic rings. The lowest BCUT2D eigenvalue weighted by atomic mass is 9.82. The van der Waals surface area contributed by atoms with Crippen LogP contribution < -0.4 is 4.90 Å². The fraction of sp³-hybridized carbons (Fsp3) is 0.682. The van der Waals surface area contributed by atoms with Gasteiger partial charge in [0.05, 0.1) is 12.2 Å². The molecule has 1 spiro atoms. The largest absolute Gasteiger partial charge is 0.440 e. The third-order valence-corrected chi connectivity index (χ3v) is 7.54. The zero-order valence-corrected chi connectivity index (χ0v) is 18.0. The Labute approximate surface area is 181 Å². The molecule has 1 aromatic heterocycles. The molecule has 1 aromatic rings. The summed E-state index contributed by atoms with van der Waals surface area (Å²) in [5, 5.41) is 0. The number of carbonyl (C=O) groups is 2. The topological polar surface area (TPSA) is 69.2 Å². The molecular weight excluding hydrogens is 401 g/mol. The highest BCUT2D eigenvalue weighted by atomic mass is 19.1. The monoisotopic (exact) mass is 431 g/mol. The number of carbonyl (C=O) groups excluding carboxylic acids is 2. The summed E-state index contributed by atoms with van der Waals surface area (Å²) in [5.41, 5.74) is -0.570. The van der Waals surface area contributed by atoms with E-state index < -0.39 is 5.60 Å². The molecule has 168 valence electrons. The smallest absolute Gasteiger partial charge is 0.410 e. The van der Waals surface area contributed by atoms with E-state index in [1.807, 2.05) is 9.80 Å². The summed E-state index contributed by atoms with van der Waals surface area (Å²) in [6.07, 6.45) is 4.13. The molecule has 8 nitrogen and oxygen atoms in total. The first-order chi connectivity index (χ1) is 14.9. The van der Waals surface area contributed by atoms with Gasteiger partial charge in [-0.2, -0.15) is 0 Å². The van der Waals surface area contributed by atoms with Gasteiger partial charge in [-0.15, -0.1) is 0 Å². The van der Waals surface area contributed by atoms with Gasteiger partial charge in [0.15, 0.2) is 0 Å². The zero-order chi connectivity index (χ0) is 21.6. The van der Waals surface area contributed by atoms with Crippen LogP contribution in [0, 0.1) is 11.7 Å². The van der Waals surface area contributed by atoms with E-state index >= 15 is 0 Å². The van der Waals surface area contributed by atoms with Crippen LogP contribution in [0.2, 0.25) is 0 Å². The number of ether oxygens (including phenoxy) is 1. The highest BCUT2D eigenvalue weighted by Gasteiger charge is 2.57. The van der Waals surface area contributed by atoms with E-state index in [4.69, 9.17) is 4.74 Å². The van der Waals surface area contributed by atoms with Gasteiger partial charge in [0.2, 0.25) is 5.91 Å². The van der Waals surface area contributed by atoms with Crippen LogP contribution in [0.1, 0.15) is 25.7 Å². The Bertz CT molecular complexity index is 834. The Balaban J connectivity index is 1.27. The van der Waals surface area contributed by atoms with E-state index in [-0.39, 0.29) is 29.8 Å². The lowest BCUT2D eigenvalue weighted by Crippen LogP contribution is -2.62. The first-order valence-corrected chi connectivity index (χ1v) is 11.3. The number of piperidine rings is 2. The number of aromatic nitrogens is 1. The van der Waals surface area contributed by atoms with Crippen molar-refractivity contribution in [3.63, 3.8) is 0 Å². The molecule has 0 aliphatic carbocycles. The van der Waals surface area contributed by atoms with Gasteiger partial charge >= 0.3 is 6.09 Å². The summed E-state index contributed by atoms with van der Waals surface area (Å²) in [6.45, 7) is 4.94. The summed E-state index contributed by atoms with van der Waals surface area (Å²) in [7, 11) is 2.10. The molecule has 9 heteroatoms. The van der Waals surface area contributed by atoms with Gasteiger partial charge in [-0.05, 0) is 45.1 Å². The third-order valence-electron chi connectivity index (χ3n) is 7.54. The number of pyridine rings is 1. The van der Waals surface area contributed by atoms with Crippen LogP contribution in [-0.4, -0.2) is 96.2 Å². The first kappa shape index (κ1) is 20.5. The molecule has 2 amide bonds. The molecule has 31 heavy (non-hydrogen) atoms. The van der Waals surface area contributed by atoms with Crippen molar-refractivity contribution in [1.29, 1.82) is 0 Å².